The van der Waals surface area contributed by atoms with Gasteiger partial charge in [-0.05, 0) is 24.6 Å². The molecule has 0 fully saturated rings. The van der Waals surface area contributed by atoms with Crippen molar-refractivity contribution in [2.75, 3.05) is 11.9 Å². The summed E-state index contributed by atoms with van der Waals surface area (Å²) in [6, 6.07) is 4.69. The number of anilines is 1. The van der Waals surface area contributed by atoms with Gasteiger partial charge in [-0.2, -0.15) is 0 Å². The van der Waals surface area contributed by atoms with Crippen molar-refractivity contribution in [3.8, 4) is 5.75 Å². The molecule has 0 spiro atoms. The normalized spacial score (nSPS) is 10.8. The molecule has 1 amide bonds. The number of aromatic carboxylic acids is 1. The van der Waals surface area contributed by atoms with Gasteiger partial charge in [-0.1, -0.05) is 97.0 Å². The minimum Gasteiger partial charge on any atom is -0.492 e. The summed E-state index contributed by atoms with van der Waals surface area (Å²) < 4.78 is 5.71. The number of hydrogen-bond acceptors (Lipinski definition) is 3. The number of rotatable bonds is 11. The molecular formula is C22H22Cl5NO4. The van der Waals surface area contributed by atoms with Crippen molar-refractivity contribution < 1.29 is 19.4 Å². The molecule has 0 bridgehead atoms. The molecule has 2 aromatic rings. The van der Waals surface area contributed by atoms with Crippen molar-refractivity contribution >= 4 is 75.6 Å². The molecule has 0 saturated heterocycles. The molecule has 0 saturated carbocycles. The van der Waals surface area contributed by atoms with E-state index in [1.54, 1.807) is 12.1 Å². The second-order valence-corrected chi connectivity index (χ2v) is 8.95. The van der Waals surface area contributed by atoms with E-state index >= 15 is 0 Å². The lowest BCUT2D eigenvalue weighted by Gasteiger charge is -2.15. The van der Waals surface area contributed by atoms with Crippen LogP contribution in [0.1, 0.15) is 66.2 Å². The predicted octanol–water partition coefficient (Wildman–Crippen LogP) is 8.64. The number of unbranched alkanes of at least 4 members (excludes halogenated alkanes) is 5. The van der Waals surface area contributed by atoms with Gasteiger partial charge in [-0.15, -0.1) is 0 Å². The topological polar surface area (TPSA) is 75.6 Å². The fourth-order valence-electron chi connectivity index (χ4n) is 3.00. The van der Waals surface area contributed by atoms with Crippen LogP contribution >= 0.6 is 58.0 Å². The van der Waals surface area contributed by atoms with E-state index in [9.17, 15) is 14.7 Å². The quantitative estimate of drug-likeness (QED) is 0.170. The monoisotopic (exact) mass is 539 g/mol. The number of carbonyl (C=O) groups is 2. The van der Waals surface area contributed by atoms with Crippen LogP contribution in [0, 0.1) is 0 Å². The molecule has 0 aromatic heterocycles. The maximum atomic E-state index is 12.8. The Morgan fingerprint density at radius 3 is 2.06 bits per heavy atom. The Morgan fingerprint density at radius 2 is 1.47 bits per heavy atom. The molecule has 174 valence electrons. The summed E-state index contributed by atoms with van der Waals surface area (Å²) in [5.74, 6) is -1.82. The number of carbonyl (C=O) groups excluding carboxylic acids is 1. The maximum absolute atomic E-state index is 12.8. The van der Waals surface area contributed by atoms with E-state index < -0.39 is 23.0 Å². The molecule has 0 unspecified atom stereocenters. The first-order valence-electron chi connectivity index (χ1n) is 10.0. The average Bonchev–Trinajstić information content (AvgIpc) is 2.74. The highest BCUT2D eigenvalue weighted by Gasteiger charge is 2.29. The Kier molecular flexibility index (Phi) is 10.7. The smallest absolute Gasteiger partial charge is 0.338 e. The maximum Gasteiger partial charge on any atom is 0.338 e. The molecule has 2 aromatic carbocycles. The van der Waals surface area contributed by atoms with Crippen molar-refractivity contribution in [2.24, 2.45) is 0 Å². The SMILES string of the molecule is CCCCCCCCOc1ccc(NC(=O)c2c(Cl)c(Cl)c(Cl)c(Cl)c2C(=O)O)cc1Cl. The Balaban J connectivity index is 2.10. The first-order valence-corrected chi connectivity index (χ1v) is 11.9. The number of hydrogen-bond donors (Lipinski definition) is 2. The van der Waals surface area contributed by atoms with Gasteiger partial charge in [0, 0.05) is 5.69 Å². The predicted molar refractivity (Wildman–Crippen MR) is 132 cm³/mol. The molecule has 0 heterocycles. The fourth-order valence-corrected chi connectivity index (χ4v) is 4.25. The zero-order valence-electron chi connectivity index (χ0n) is 17.2. The highest BCUT2D eigenvalue weighted by Crippen LogP contribution is 2.42. The van der Waals surface area contributed by atoms with E-state index in [1.807, 2.05) is 0 Å². The third-order valence-corrected chi connectivity index (χ3v) is 6.75. The van der Waals surface area contributed by atoms with Gasteiger partial charge in [0.25, 0.3) is 5.91 Å². The van der Waals surface area contributed by atoms with E-state index in [1.165, 1.54) is 31.7 Å². The van der Waals surface area contributed by atoms with E-state index in [4.69, 9.17) is 62.7 Å². The van der Waals surface area contributed by atoms with Crippen LogP contribution in [0.3, 0.4) is 0 Å². The minimum atomic E-state index is -1.47. The van der Waals surface area contributed by atoms with Crippen LogP contribution in [-0.4, -0.2) is 23.6 Å². The van der Waals surface area contributed by atoms with Gasteiger partial charge >= 0.3 is 5.97 Å². The lowest BCUT2D eigenvalue weighted by Crippen LogP contribution is -2.18. The largest absolute Gasteiger partial charge is 0.492 e. The van der Waals surface area contributed by atoms with Gasteiger partial charge in [-0.25, -0.2) is 4.79 Å². The van der Waals surface area contributed by atoms with Gasteiger partial charge in [0.15, 0.2) is 0 Å². The van der Waals surface area contributed by atoms with E-state index in [-0.39, 0.29) is 20.1 Å². The Bertz CT molecular complexity index is 997. The zero-order chi connectivity index (χ0) is 23.8. The van der Waals surface area contributed by atoms with Crippen LogP contribution in [0.2, 0.25) is 25.1 Å². The second-order valence-electron chi connectivity index (χ2n) is 7.03. The van der Waals surface area contributed by atoms with Crippen LogP contribution in [0.5, 0.6) is 5.75 Å². The highest BCUT2D eigenvalue weighted by atomic mass is 35.5. The van der Waals surface area contributed by atoms with Gasteiger partial charge in [0.2, 0.25) is 0 Å². The Morgan fingerprint density at radius 1 is 0.875 bits per heavy atom. The third kappa shape index (κ3) is 6.82. The van der Waals surface area contributed by atoms with Gasteiger partial charge < -0.3 is 15.2 Å². The Labute approximate surface area is 211 Å². The summed E-state index contributed by atoms with van der Waals surface area (Å²) in [6.07, 6.45) is 6.86. The summed E-state index contributed by atoms with van der Waals surface area (Å²) in [4.78, 5) is 24.4. The van der Waals surface area contributed by atoms with E-state index in [2.05, 4.69) is 12.2 Å². The number of carboxylic acids is 1. The number of nitrogens with one attached hydrogen (secondary N) is 1. The van der Waals surface area contributed by atoms with Crippen LogP contribution < -0.4 is 10.1 Å². The standard InChI is InChI=1S/C22H22Cl5NO4/c1-2-3-4-5-6-7-10-32-14-9-8-12(11-13(14)23)28-21(29)15-16(22(30)31)18(25)20(27)19(26)17(15)24/h8-9,11H,2-7,10H2,1H3,(H,28,29)(H,30,31). The lowest BCUT2D eigenvalue weighted by atomic mass is 10.1. The molecule has 0 radical (unpaired) electrons. The molecule has 2 rings (SSSR count). The van der Waals surface area contributed by atoms with Crippen molar-refractivity contribution in [3.05, 3.63) is 54.4 Å². The summed E-state index contributed by atoms with van der Waals surface area (Å²) in [7, 11) is 0. The van der Waals surface area contributed by atoms with Crippen LogP contribution in [0.15, 0.2) is 18.2 Å². The number of halogens is 5. The lowest BCUT2D eigenvalue weighted by molar-refractivity contribution is 0.0692. The molecule has 2 N–H and O–H groups in total. The summed E-state index contributed by atoms with van der Waals surface area (Å²) in [6.45, 7) is 2.72. The summed E-state index contributed by atoms with van der Waals surface area (Å²) in [5, 5.41) is 11.2. The van der Waals surface area contributed by atoms with Crippen molar-refractivity contribution in [3.63, 3.8) is 0 Å². The van der Waals surface area contributed by atoms with Crippen LogP contribution in [0.25, 0.3) is 0 Å². The summed E-state index contributed by atoms with van der Waals surface area (Å²) in [5.41, 5.74) is -0.645. The van der Waals surface area contributed by atoms with Gasteiger partial charge in [-0.3, -0.25) is 4.79 Å². The zero-order valence-corrected chi connectivity index (χ0v) is 21.0. The highest BCUT2D eigenvalue weighted by molar-refractivity contribution is 6.54. The number of carboxylic acid groups (broad SMARTS) is 1. The molecule has 10 heteroatoms. The van der Waals surface area contributed by atoms with Gasteiger partial charge in [0.05, 0.1) is 42.8 Å². The minimum absolute atomic E-state index is 0.218. The molecular weight excluding hydrogens is 520 g/mol. The molecule has 0 atom stereocenters. The number of ether oxygens (including phenoxy) is 1. The first-order chi connectivity index (χ1) is 15.2. The molecule has 0 aliphatic heterocycles. The van der Waals surface area contributed by atoms with Gasteiger partial charge in [0.1, 0.15) is 5.75 Å². The van der Waals surface area contributed by atoms with Crippen molar-refractivity contribution in [1.29, 1.82) is 0 Å². The average molecular weight is 542 g/mol. The van der Waals surface area contributed by atoms with Crippen LogP contribution in [-0.2, 0) is 0 Å². The molecule has 0 aliphatic carbocycles. The van der Waals surface area contributed by atoms with E-state index in [0.717, 1.165) is 12.8 Å². The molecule has 5 nitrogen and oxygen atoms in total. The number of amides is 1. The Hall–Kier alpha value is -1.37. The first kappa shape index (κ1) is 26.9. The number of benzene rings is 2. The summed E-state index contributed by atoms with van der Waals surface area (Å²) >= 11 is 30.3. The second kappa shape index (κ2) is 12.8. The van der Waals surface area contributed by atoms with Crippen molar-refractivity contribution in [1.82, 2.24) is 0 Å². The van der Waals surface area contributed by atoms with Crippen molar-refractivity contribution in [2.45, 2.75) is 45.4 Å². The van der Waals surface area contributed by atoms with E-state index in [0.29, 0.717) is 23.1 Å². The fraction of sp³-hybridized carbons (Fsp3) is 0.364. The third-order valence-electron chi connectivity index (χ3n) is 4.65. The molecule has 32 heavy (non-hydrogen) atoms. The molecule has 0 aliphatic rings. The van der Waals surface area contributed by atoms with Crippen LogP contribution in [0.4, 0.5) is 5.69 Å².